The van der Waals surface area contributed by atoms with E-state index in [1.54, 1.807) is 0 Å². The molecule has 1 aromatic rings. The number of hydrogen-bond acceptors (Lipinski definition) is 1. The molecule has 0 radical (unpaired) electrons. The highest BCUT2D eigenvalue weighted by Gasteiger charge is 2.17. The minimum absolute atomic E-state index is 0.296. The third kappa shape index (κ3) is 4.03. The molecule has 0 aromatic heterocycles. The van der Waals surface area contributed by atoms with Crippen molar-refractivity contribution >= 4 is 28.9 Å². The summed E-state index contributed by atoms with van der Waals surface area (Å²) < 4.78 is 0. The van der Waals surface area contributed by atoms with E-state index in [-0.39, 0.29) is 0 Å². The molecule has 4 heteroatoms. The average molecular weight is 275 g/mol. The fraction of sp³-hybridized carbons (Fsp3) is 0.467. The van der Waals surface area contributed by atoms with E-state index < -0.39 is 0 Å². The van der Waals surface area contributed by atoms with Crippen molar-refractivity contribution in [1.82, 2.24) is 4.90 Å². The lowest BCUT2D eigenvalue weighted by molar-refractivity contribution is 0.518. The number of anilines is 1. The number of nitrogens with zero attached hydrogens (tertiary/aromatic N) is 2. The van der Waals surface area contributed by atoms with Crippen molar-refractivity contribution in [2.75, 3.05) is 18.4 Å². The van der Waals surface area contributed by atoms with E-state index in [0.29, 0.717) is 5.92 Å². The van der Waals surface area contributed by atoms with E-state index in [9.17, 15) is 0 Å². The van der Waals surface area contributed by atoms with Gasteiger partial charge < -0.3 is 10.2 Å². The van der Waals surface area contributed by atoms with Crippen LogP contribution in [0, 0.1) is 5.92 Å². The molecule has 19 heavy (non-hydrogen) atoms. The van der Waals surface area contributed by atoms with Crippen LogP contribution in [0.4, 0.5) is 5.69 Å². The lowest BCUT2D eigenvalue weighted by Crippen LogP contribution is -2.35. The molecule has 0 spiro atoms. The molecule has 0 amide bonds. The Labute approximate surface area is 120 Å². The fourth-order valence-corrected chi connectivity index (χ4v) is 2.08. The summed E-state index contributed by atoms with van der Waals surface area (Å²) in [5.74, 6) is 1.19. The van der Waals surface area contributed by atoms with Crippen LogP contribution in [0.2, 0.25) is 0 Å². The van der Waals surface area contributed by atoms with E-state index in [2.05, 4.69) is 29.1 Å². The Hall–Kier alpha value is -1.42. The summed E-state index contributed by atoms with van der Waals surface area (Å²) >= 11 is 5.35. The predicted octanol–water partition coefficient (Wildman–Crippen LogP) is 3.53. The van der Waals surface area contributed by atoms with Gasteiger partial charge in [0.1, 0.15) is 4.99 Å². The minimum atomic E-state index is 0.296. The first-order chi connectivity index (χ1) is 9.16. The number of rotatable bonds is 2. The molecule has 1 saturated heterocycles. The molecule has 1 fully saturated rings. The van der Waals surface area contributed by atoms with Crippen LogP contribution in [0.25, 0.3) is 0 Å². The first kappa shape index (κ1) is 14.0. The van der Waals surface area contributed by atoms with Crippen molar-refractivity contribution < 1.29 is 0 Å². The van der Waals surface area contributed by atoms with Gasteiger partial charge in [-0.05, 0) is 25.0 Å². The Morgan fingerprint density at radius 1 is 1.21 bits per heavy atom. The third-order valence-corrected chi connectivity index (χ3v) is 3.71. The number of nitrogens with one attached hydrogen (secondary N) is 1. The molecule has 1 aliphatic rings. The van der Waals surface area contributed by atoms with Crippen LogP contribution >= 0.6 is 12.2 Å². The lowest BCUT2D eigenvalue weighted by atomic mass is 10.2. The second kappa shape index (κ2) is 6.66. The zero-order chi connectivity index (χ0) is 13.7. The van der Waals surface area contributed by atoms with Crippen molar-refractivity contribution in [2.24, 2.45) is 10.9 Å². The third-order valence-electron chi connectivity index (χ3n) is 3.15. The summed E-state index contributed by atoms with van der Waals surface area (Å²) in [7, 11) is 0. The summed E-state index contributed by atoms with van der Waals surface area (Å²) in [5, 5.41) is 3.40. The fourth-order valence-electron chi connectivity index (χ4n) is 1.99. The maximum atomic E-state index is 5.35. The molecular formula is C15H21N3S. The van der Waals surface area contributed by atoms with Gasteiger partial charge in [0.2, 0.25) is 5.96 Å². The van der Waals surface area contributed by atoms with Gasteiger partial charge in [-0.15, -0.1) is 0 Å². The molecular weight excluding hydrogens is 254 g/mol. The van der Waals surface area contributed by atoms with Crippen LogP contribution in [0.3, 0.4) is 0 Å². The maximum Gasteiger partial charge on any atom is 0.204 e. The standard InChI is InChI=1S/C15H21N3S/c1-12(2)14(19)17-15(18-10-6-7-11-18)16-13-8-4-3-5-9-13/h3-5,8-9,12H,6-7,10-11H2,1-2H3,(H,16,17,19). The summed E-state index contributed by atoms with van der Waals surface area (Å²) in [6.45, 7) is 6.27. The zero-order valence-corrected chi connectivity index (χ0v) is 12.4. The lowest BCUT2D eigenvalue weighted by Gasteiger charge is -2.21. The normalized spacial score (nSPS) is 15.9. The Morgan fingerprint density at radius 3 is 2.42 bits per heavy atom. The van der Waals surface area contributed by atoms with Gasteiger partial charge in [-0.25, -0.2) is 4.99 Å². The molecule has 0 bridgehead atoms. The number of guanidine groups is 1. The maximum absolute atomic E-state index is 5.35. The molecule has 102 valence electrons. The van der Waals surface area contributed by atoms with Crippen LogP contribution in [0.15, 0.2) is 35.3 Å². The van der Waals surface area contributed by atoms with Crippen LogP contribution in [-0.4, -0.2) is 28.9 Å². The van der Waals surface area contributed by atoms with Gasteiger partial charge in [0.15, 0.2) is 0 Å². The zero-order valence-electron chi connectivity index (χ0n) is 11.6. The number of hydrogen-bond donors (Lipinski definition) is 1. The van der Waals surface area contributed by atoms with Crippen molar-refractivity contribution in [3.8, 4) is 0 Å². The van der Waals surface area contributed by atoms with Gasteiger partial charge in [-0.1, -0.05) is 44.3 Å². The molecule has 3 nitrogen and oxygen atoms in total. The first-order valence-electron chi connectivity index (χ1n) is 6.86. The van der Waals surface area contributed by atoms with Gasteiger partial charge in [0.25, 0.3) is 0 Å². The number of benzene rings is 1. The van der Waals surface area contributed by atoms with Gasteiger partial charge in [0, 0.05) is 24.7 Å². The molecule has 1 heterocycles. The van der Waals surface area contributed by atoms with E-state index in [4.69, 9.17) is 12.2 Å². The summed E-state index contributed by atoms with van der Waals surface area (Å²) in [6.07, 6.45) is 2.45. The Balaban J connectivity index is 2.16. The van der Waals surface area contributed by atoms with Gasteiger partial charge in [0.05, 0.1) is 0 Å². The molecule has 0 unspecified atom stereocenters. The number of likely N-dealkylation sites (tertiary alicyclic amines) is 1. The molecule has 1 N–H and O–H groups in total. The number of para-hydroxylation sites is 1. The molecule has 0 atom stereocenters. The van der Waals surface area contributed by atoms with Crippen molar-refractivity contribution in [2.45, 2.75) is 26.7 Å². The average Bonchev–Trinajstić information content (AvgIpc) is 2.92. The Kier molecular flexibility index (Phi) is 4.91. The number of thiocarbonyl (C=S) groups is 1. The highest BCUT2D eigenvalue weighted by Crippen LogP contribution is 2.13. The van der Waals surface area contributed by atoms with Gasteiger partial charge in [-0.3, -0.25) is 0 Å². The monoisotopic (exact) mass is 275 g/mol. The van der Waals surface area contributed by atoms with Crippen molar-refractivity contribution in [3.05, 3.63) is 30.3 Å². The van der Waals surface area contributed by atoms with E-state index in [0.717, 1.165) is 29.7 Å². The summed E-state index contributed by atoms with van der Waals surface area (Å²) in [6, 6.07) is 10.1. The smallest absolute Gasteiger partial charge is 0.204 e. The van der Waals surface area contributed by atoms with Crippen LogP contribution in [0.5, 0.6) is 0 Å². The molecule has 0 saturated carbocycles. The predicted molar refractivity (Wildman–Crippen MR) is 85.7 cm³/mol. The molecule has 1 aromatic carbocycles. The second-order valence-electron chi connectivity index (χ2n) is 5.11. The van der Waals surface area contributed by atoms with Gasteiger partial charge in [-0.2, -0.15) is 0 Å². The van der Waals surface area contributed by atoms with Crippen LogP contribution < -0.4 is 5.32 Å². The number of aliphatic imine (C=N–C) groups is 1. The second-order valence-corrected chi connectivity index (χ2v) is 5.53. The quantitative estimate of drug-likeness (QED) is 0.508. The summed E-state index contributed by atoms with van der Waals surface area (Å²) in [4.78, 5) is 7.65. The molecule has 0 aliphatic carbocycles. The minimum Gasteiger partial charge on any atom is -0.342 e. The molecule has 1 aliphatic heterocycles. The highest BCUT2D eigenvalue weighted by molar-refractivity contribution is 7.80. The van der Waals surface area contributed by atoms with Crippen molar-refractivity contribution in [3.63, 3.8) is 0 Å². The van der Waals surface area contributed by atoms with E-state index in [1.807, 2.05) is 30.3 Å². The Bertz CT molecular complexity index is 448. The summed E-state index contributed by atoms with van der Waals surface area (Å²) in [5.41, 5.74) is 1.06. The van der Waals surface area contributed by atoms with Gasteiger partial charge >= 0.3 is 0 Å². The Morgan fingerprint density at radius 2 is 1.84 bits per heavy atom. The van der Waals surface area contributed by atoms with Crippen molar-refractivity contribution in [1.29, 1.82) is 0 Å². The molecule has 2 rings (SSSR count). The topological polar surface area (TPSA) is 27.6 Å². The van der Waals surface area contributed by atoms with Crippen LogP contribution in [-0.2, 0) is 0 Å². The highest BCUT2D eigenvalue weighted by atomic mass is 32.1. The largest absolute Gasteiger partial charge is 0.342 e. The van der Waals surface area contributed by atoms with E-state index >= 15 is 0 Å². The first-order valence-corrected chi connectivity index (χ1v) is 7.27. The SMILES string of the molecule is CC(C)C(=S)N=C(Nc1ccccc1)N1CCCC1. The van der Waals surface area contributed by atoms with Crippen LogP contribution in [0.1, 0.15) is 26.7 Å². The van der Waals surface area contributed by atoms with E-state index in [1.165, 1.54) is 12.8 Å².